The molecule has 1 fully saturated rings. The van der Waals surface area contributed by atoms with Crippen LogP contribution in [0, 0.1) is 0 Å². The summed E-state index contributed by atoms with van der Waals surface area (Å²) >= 11 is 0. The largest absolute Gasteiger partial charge is 0.486 e. The molecule has 1 unspecified atom stereocenters. The average molecular weight is 439 g/mol. The number of hydrogen-bond donors (Lipinski definition) is 1. The second-order valence-corrected chi connectivity index (χ2v) is 8.29. The van der Waals surface area contributed by atoms with Crippen molar-refractivity contribution < 1.29 is 9.47 Å². The maximum atomic E-state index is 5.87. The fourth-order valence-corrected chi connectivity index (χ4v) is 4.95. The van der Waals surface area contributed by atoms with E-state index in [9.17, 15) is 0 Å². The molecule has 4 nitrogen and oxygen atoms in total. The van der Waals surface area contributed by atoms with Crippen LogP contribution in [0.4, 0.5) is 5.69 Å². The van der Waals surface area contributed by atoms with E-state index in [4.69, 9.17) is 9.47 Å². The lowest BCUT2D eigenvalue weighted by molar-refractivity contribution is 0.171. The highest BCUT2D eigenvalue weighted by atomic mass is 16.6. The van der Waals surface area contributed by atoms with Gasteiger partial charge in [0.25, 0.3) is 0 Å². The summed E-state index contributed by atoms with van der Waals surface area (Å²) in [5, 5.41) is 3.71. The van der Waals surface area contributed by atoms with Crippen LogP contribution in [0.3, 0.4) is 0 Å². The second kappa shape index (κ2) is 12.7. The van der Waals surface area contributed by atoms with Gasteiger partial charge in [-0.2, -0.15) is 0 Å². The number of benzene rings is 2. The number of rotatable bonds is 5. The van der Waals surface area contributed by atoms with Crippen LogP contribution in [-0.2, 0) is 12.8 Å². The Morgan fingerprint density at radius 3 is 2.22 bits per heavy atom. The third kappa shape index (κ3) is 5.98. The summed E-state index contributed by atoms with van der Waals surface area (Å²) in [4.78, 5) is 2.62. The molecular formula is C28H42N2O2. The van der Waals surface area contributed by atoms with Gasteiger partial charge < -0.3 is 19.7 Å². The fraction of sp³-hybridized carbons (Fsp3) is 0.571. The summed E-state index contributed by atoms with van der Waals surface area (Å²) in [6.07, 6.45) is 7.43. The van der Waals surface area contributed by atoms with E-state index in [1.807, 2.05) is 27.7 Å². The van der Waals surface area contributed by atoms with Crippen molar-refractivity contribution in [2.24, 2.45) is 0 Å². The number of nitrogens with zero attached hydrogens (tertiary/aromatic N) is 1. The van der Waals surface area contributed by atoms with E-state index in [2.05, 4.69) is 52.7 Å². The summed E-state index contributed by atoms with van der Waals surface area (Å²) in [5.41, 5.74) is 4.27. The molecule has 176 valence electrons. The van der Waals surface area contributed by atoms with Crippen LogP contribution in [0.5, 0.6) is 11.5 Å². The minimum Gasteiger partial charge on any atom is -0.486 e. The molecule has 1 saturated heterocycles. The number of fused-ring (bicyclic) bond motifs is 2. The van der Waals surface area contributed by atoms with Gasteiger partial charge in [0.1, 0.15) is 13.2 Å². The van der Waals surface area contributed by atoms with Gasteiger partial charge in [0.05, 0.1) is 0 Å². The molecule has 32 heavy (non-hydrogen) atoms. The zero-order chi connectivity index (χ0) is 22.8. The Balaban J connectivity index is 0.000000686. The van der Waals surface area contributed by atoms with E-state index >= 15 is 0 Å². The maximum absolute atomic E-state index is 5.87. The molecule has 0 aromatic heterocycles. The van der Waals surface area contributed by atoms with Gasteiger partial charge in [-0.15, -0.1) is 0 Å². The number of piperidine rings is 1. The van der Waals surface area contributed by atoms with Crippen molar-refractivity contribution in [2.75, 3.05) is 31.2 Å². The molecule has 1 atom stereocenters. The third-order valence-electron chi connectivity index (χ3n) is 6.46. The molecule has 1 aliphatic carbocycles. The molecule has 2 aliphatic heterocycles. The zero-order valence-electron chi connectivity index (χ0n) is 20.5. The Labute approximate surface area is 195 Å². The first-order chi connectivity index (χ1) is 15.9. The van der Waals surface area contributed by atoms with Crippen molar-refractivity contribution in [3.8, 4) is 11.5 Å². The van der Waals surface area contributed by atoms with E-state index in [0.717, 1.165) is 30.9 Å². The number of ether oxygens (including phenoxy) is 2. The summed E-state index contributed by atoms with van der Waals surface area (Å²) < 4.78 is 11.6. The highest BCUT2D eigenvalue weighted by Crippen LogP contribution is 2.36. The molecule has 5 rings (SSSR count). The number of anilines is 1. The smallest absolute Gasteiger partial charge is 0.163 e. The normalized spacial score (nSPS) is 19.1. The van der Waals surface area contributed by atoms with E-state index in [-0.39, 0.29) is 0 Å². The molecule has 3 aliphatic rings. The number of nitrogens with one attached hydrogen (secondary N) is 1. The minimum atomic E-state index is 0.517. The molecule has 2 aromatic rings. The van der Waals surface area contributed by atoms with Gasteiger partial charge in [-0.25, -0.2) is 0 Å². The first kappa shape index (κ1) is 24.4. The quantitative estimate of drug-likeness (QED) is 0.619. The summed E-state index contributed by atoms with van der Waals surface area (Å²) in [6.45, 7) is 11.5. The van der Waals surface area contributed by atoms with Gasteiger partial charge in [-0.3, -0.25) is 0 Å². The van der Waals surface area contributed by atoms with Crippen molar-refractivity contribution in [1.29, 1.82) is 0 Å². The molecule has 0 saturated carbocycles. The molecule has 0 amide bonds. The molecule has 2 heterocycles. The van der Waals surface area contributed by atoms with E-state index in [0.29, 0.717) is 25.3 Å². The van der Waals surface area contributed by atoms with Gasteiger partial charge >= 0.3 is 0 Å². The molecule has 0 spiro atoms. The summed E-state index contributed by atoms with van der Waals surface area (Å²) in [7, 11) is 0. The molecule has 4 heteroatoms. The minimum absolute atomic E-state index is 0.517. The Hall–Kier alpha value is -2.20. The highest BCUT2D eigenvalue weighted by Gasteiger charge is 2.28. The molecule has 0 bridgehead atoms. The topological polar surface area (TPSA) is 33.7 Å². The van der Waals surface area contributed by atoms with Crippen molar-refractivity contribution in [2.45, 2.75) is 78.3 Å². The van der Waals surface area contributed by atoms with Crippen LogP contribution in [0.2, 0.25) is 0 Å². The number of hydrogen-bond acceptors (Lipinski definition) is 4. The Morgan fingerprint density at radius 2 is 1.56 bits per heavy atom. The molecule has 2 aromatic carbocycles. The van der Waals surface area contributed by atoms with Gasteiger partial charge in [0, 0.05) is 30.4 Å². The predicted octanol–water partition coefficient (Wildman–Crippen LogP) is 6.02. The van der Waals surface area contributed by atoms with Gasteiger partial charge in [0.2, 0.25) is 0 Å². The van der Waals surface area contributed by atoms with Gasteiger partial charge in [-0.1, -0.05) is 58.4 Å². The van der Waals surface area contributed by atoms with E-state index in [1.165, 1.54) is 49.0 Å². The van der Waals surface area contributed by atoms with Crippen LogP contribution in [-0.4, -0.2) is 38.4 Å². The predicted molar refractivity (Wildman–Crippen MR) is 135 cm³/mol. The van der Waals surface area contributed by atoms with Crippen LogP contribution < -0.4 is 19.7 Å². The SMILES string of the molecule is CC.CC.c1ccc2c(c1)CC(N(CCC1CCCCN1)c1ccc3c(c1)OCCO3)C2. The fourth-order valence-electron chi connectivity index (χ4n) is 4.95. The molecule has 0 radical (unpaired) electrons. The van der Waals surface area contributed by atoms with E-state index < -0.39 is 0 Å². The highest BCUT2D eigenvalue weighted by molar-refractivity contribution is 5.58. The van der Waals surface area contributed by atoms with Crippen molar-refractivity contribution in [1.82, 2.24) is 5.32 Å². The van der Waals surface area contributed by atoms with Crippen LogP contribution >= 0.6 is 0 Å². The Morgan fingerprint density at radius 1 is 0.875 bits per heavy atom. The molecular weight excluding hydrogens is 396 g/mol. The Bertz CT molecular complexity index is 792. The lowest BCUT2D eigenvalue weighted by atomic mass is 10.0. The first-order valence-electron chi connectivity index (χ1n) is 12.8. The van der Waals surface area contributed by atoms with Crippen molar-refractivity contribution >= 4 is 5.69 Å². The van der Waals surface area contributed by atoms with Crippen LogP contribution in [0.25, 0.3) is 0 Å². The summed E-state index contributed by atoms with van der Waals surface area (Å²) in [6, 6.07) is 16.6. The van der Waals surface area contributed by atoms with Gasteiger partial charge in [-0.05, 0) is 61.9 Å². The molecule has 1 N–H and O–H groups in total. The van der Waals surface area contributed by atoms with Crippen molar-refractivity contribution in [3.05, 3.63) is 53.6 Å². The standard InChI is InChI=1S/C24H30N2O2.2C2H6/c1-2-6-19-16-22(15-18(19)5-1)26(12-10-20-7-3-4-11-25-20)21-8-9-23-24(17-21)28-14-13-27-23;2*1-2/h1-2,5-6,8-9,17,20,22,25H,3-4,7,10-16H2;2*1-2H3. The lowest BCUT2D eigenvalue weighted by Gasteiger charge is -2.34. The monoisotopic (exact) mass is 438 g/mol. The van der Waals surface area contributed by atoms with Crippen LogP contribution in [0.15, 0.2) is 42.5 Å². The zero-order valence-corrected chi connectivity index (χ0v) is 20.5. The lowest BCUT2D eigenvalue weighted by Crippen LogP contribution is -2.41. The van der Waals surface area contributed by atoms with Crippen molar-refractivity contribution in [3.63, 3.8) is 0 Å². The third-order valence-corrected chi connectivity index (χ3v) is 6.46. The maximum Gasteiger partial charge on any atom is 0.163 e. The second-order valence-electron chi connectivity index (χ2n) is 8.29. The van der Waals surface area contributed by atoms with E-state index in [1.54, 1.807) is 0 Å². The summed E-state index contributed by atoms with van der Waals surface area (Å²) in [5.74, 6) is 1.76. The van der Waals surface area contributed by atoms with Gasteiger partial charge in [0.15, 0.2) is 11.5 Å². The Kier molecular flexibility index (Phi) is 9.73. The first-order valence-corrected chi connectivity index (χ1v) is 12.8. The van der Waals surface area contributed by atoms with Crippen LogP contribution in [0.1, 0.15) is 64.5 Å². The average Bonchev–Trinajstić information content (AvgIpc) is 3.31.